The highest BCUT2D eigenvalue weighted by Gasteiger charge is 2.17. The summed E-state index contributed by atoms with van der Waals surface area (Å²) >= 11 is 1.31. The highest BCUT2D eigenvalue weighted by atomic mass is 32.1. The number of hydrogen-bond donors (Lipinski definition) is 1. The normalized spacial score (nSPS) is 10.0. The molecule has 1 aromatic carbocycles. The molecule has 2 rings (SSSR count). The number of carbonyl (C=O) groups excluding carboxylic acids is 1. The fourth-order valence-electron chi connectivity index (χ4n) is 1.71. The molecule has 2 aromatic rings. The molecule has 21 heavy (non-hydrogen) atoms. The van der Waals surface area contributed by atoms with Gasteiger partial charge in [-0.1, -0.05) is 0 Å². The zero-order chi connectivity index (χ0) is 15.2. The van der Waals surface area contributed by atoms with E-state index in [2.05, 4.69) is 10.3 Å². The summed E-state index contributed by atoms with van der Waals surface area (Å²) in [4.78, 5) is 15.9. The van der Waals surface area contributed by atoms with E-state index in [-0.39, 0.29) is 5.69 Å². The molecule has 0 fully saturated rings. The fraction of sp³-hybridized carbons (Fsp3) is 0.286. The van der Waals surface area contributed by atoms with Crippen LogP contribution in [0, 0.1) is 0 Å². The number of esters is 1. The van der Waals surface area contributed by atoms with Crippen molar-refractivity contribution in [2.75, 3.05) is 26.1 Å². The standard InChI is InChI=1S/C14H16N2O4S/c1-4-20-14(17)12-13(21-8-15-12)16-10-7-9(18-2)5-6-11(10)19-3/h5-8,16H,4H2,1-3H3. The topological polar surface area (TPSA) is 69.7 Å². The summed E-state index contributed by atoms with van der Waals surface area (Å²) in [5.74, 6) is 0.864. The molecule has 112 valence electrons. The summed E-state index contributed by atoms with van der Waals surface area (Å²) in [6.45, 7) is 2.06. The number of benzene rings is 1. The van der Waals surface area contributed by atoms with Crippen LogP contribution in [-0.2, 0) is 4.74 Å². The third kappa shape index (κ3) is 3.43. The molecule has 0 atom stereocenters. The van der Waals surface area contributed by atoms with Crippen LogP contribution in [0.4, 0.5) is 10.7 Å². The number of methoxy groups -OCH3 is 2. The molecule has 6 nitrogen and oxygen atoms in total. The van der Waals surface area contributed by atoms with Gasteiger partial charge in [-0.05, 0) is 19.1 Å². The van der Waals surface area contributed by atoms with Crippen molar-refractivity contribution in [1.82, 2.24) is 4.98 Å². The second-order valence-corrected chi connectivity index (χ2v) is 4.80. The van der Waals surface area contributed by atoms with Crippen molar-refractivity contribution in [3.63, 3.8) is 0 Å². The van der Waals surface area contributed by atoms with Crippen LogP contribution >= 0.6 is 11.3 Å². The first-order valence-electron chi connectivity index (χ1n) is 6.29. The molecule has 0 amide bonds. The molecule has 1 aromatic heterocycles. The van der Waals surface area contributed by atoms with Crippen LogP contribution in [0.2, 0.25) is 0 Å². The Balaban J connectivity index is 2.30. The van der Waals surface area contributed by atoms with Crippen LogP contribution < -0.4 is 14.8 Å². The molecule has 0 aliphatic carbocycles. The number of ether oxygens (including phenoxy) is 3. The highest BCUT2D eigenvalue weighted by molar-refractivity contribution is 7.14. The summed E-state index contributed by atoms with van der Waals surface area (Å²) in [6, 6.07) is 5.36. The third-order valence-corrected chi connectivity index (χ3v) is 3.43. The molecule has 0 saturated heterocycles. The van der Waals surface area contributed by atoms with Gasteiger partial charge in [-0.2, -0.15) is 0 Å². The molecular formula is C14H16N2O4S. The van der Waals surface area contributed by atoms with E-state index in [1.165, 1.54) is 11.3 Å². The predicted molar refractivity (Wildman–Crippen MR) is 80.9 cm³/mol. The molecular weight excluding hydrogens is 292 g/mol. The van der Waals surface area contributed by atoms with Crippen molar-refractivity contribution in [3.05, 3.63) is 29.4 Å². The van der Waals surface area contributed by atoms with Crippen LogP contribution in [0.25, 0.3) is 0 Å². The van der Waals surface area contributed by atoms with E-state index in [1.54, 1.807) is 44.9 Å². The minimum absolute atomic E-state index is 0.256. The van der Waals surface area contributed by atoms with E-state index in [0.29, 0.717) is 28.8 Å². The molecule has 0 bridgehead atoms. The second-order valence-electron chi connectivity index (χ2n) is 3.94. The van der Waals surface area contributed by atoms with Gasteiger partial charge in [-0.3, -0.25) is 0 Å². The number of rotatable bonds is 6. The number of anilines is 2. The number of nitrogens with one attached hydrogen (secondary N) is 1. The van der Waals surface area contributed by atoms with Crippen molar-refractivity contribution in [2.45, 2.75) is 6.92 Å². The Morgan fingerprint density at radius 2 is 2.14 bits per heavy atom. The van der Waals surface area contributed by atoms with E-state index >= 15 is 0 Å². The van der Waals surface area contributed by atoms with Gasteiger partial charge < -0.3 is 19.5 Å². The molecule has 0 spiro atoms. The van der Waals surface area contributed by atoms with E-state index in [0.717, 1.165) is 0 Å². The molecule has 1 heterocycles. The highest BCUT2D eigenvalue weighted by Crippen LogP contribution is 2.34. The van der Waals surface area contributed by atoms with Crippen molar-refractivity contribution in [1.29, 1.82) is 0 Å². The summed E-state index contributed by atoms with van der Waals surface area (Å²) in [7, 11) is 3.16. The van der Waals surface area contributed by atoms with Crippen LogP contribution in [0.5, 0.6) is 11.5 Å². The molecule has 0 saturated carbocycles. The Labute approximate surface area is 126 Å². The maximum absolute atomic E-state index is 11.8. The Hall–Kier alpha value is -2.28. The lowest BCUT2D eigenvalue weighted by Crippen LogP contribution is -2.07. The zero-order valence-corrected chi connectivity index (χ0v) is 12.8. The number of carbonyl (C=O) groups is 1. The quantitative estimate of drug-likeness (QED) is 0.827. The van der Waals surface area contributed by atoms with Gasteiger partial charge >= 0.3 is 5.97 Å². The first-order valence-corrected chi connectivity index (χ1v) is 7.17. The minimum atomic E-state index is -0.455. The van der Waals surface area contributed by atoms with E-state index < -0.39 is 5.97 Å². The first-order chi connectivity index (χ1) is 10.2. The van der Waals surface area contributed by atoms with Crippen molar-refractivity contribution >= 4 is 28.0 Å². The van der Waals surface area contributed by atoms with Gasteiger partial charge in [0, 0.05) is 6.07 Å². The lowest BCUT2D eigenvalue weighted by molar-refractivity contribution is 0.0521. The summed E-state index contributed by atoms with van der Waals surface area (Å²) < 4.78 is 15.5. The second kappa shape index (κ2) is 6.94. The van der Waals surface area contributed by atoms with Crippen LogP contribution in [0.3, 0.4) is 0 Å². The maximum Gasteiger partial charge on any atom is 0.360 e. The summed E-state index contributed by atoms with van der Waals surface area (Å²) in [5, 5.41) is 3.73. The lowest BCUT2D eigenvalue weighted by atomic mass is 10.2. The van der Waals surface area contributed by atoms with E-state index in [9.17, 15) is 4.79 Å². The number of nitrogens with zero attached hydrogens (tertiary/aromatic N) is 1. The summed E-state index contributed by atoms with van der Waals surface area (Å²) in [5.41, 5.74) is 2.53. The van der Waals surface area contributed by atoms with Gasteiger partial charge in [-0.15, -0.1) is 11.3 Å². The molecule has 1 N–H and O–H groups in total. The Morgan fingerprint density at radius 3 is 2.81 bits per heavy atom. The monoisotopic (exact) mass is 308 g/mol. The van der Waals surface area contributed by atoms with Crippen LogP contribution in [0.1, 0.15) is 17.4 Å². The van der Waals surface area contributed by atoms with Gasteiger partial charge in [0.1, 0.15) is 16.5 Å². The zero-order valence-electron chi connectivity index (χ0n) is 12.0. The van der Waals surface area contributed by atoms with Gasteiger partial charge in [0.2, 0.25) is 0 Å². The SMILES string of the molecule is CCOC(=O)c1ncsc1Nc1cc(OC)ccc1OC. The van der Waals surface area contributed by atoms with Gasteiger partial charge in [0.25, 0.3) is 0 Å². The number of thiazole rings is 1. The molecule has 7 heteroatoms. The van der Waals surface area contributed by atoms with Gasteiger partial charge in [-0.25, -0.2) is 9.78 Å². The van der Waals surface area contributed by atoms with Crippen molar-refractivity contribution < 1.29 is 19.0 Å². The van der Waals surface area contributed by atoms with E-state index in [4.69, 9.17) is 14.2 Å². The molecule has 0 aliphatic rings. The molecule has 0 aliphatic heterocycles. The van der Waals surface area contributed by atoms with Crippen LogP contribution in [0.15, 0.2) is 23.7 Å². The molecule has 0 radical (unpaired) electrons. The molecule has 0 unspecified atom stereocenters. The average molecular weight is 308 g/mol. The van der Waals surface area contributed by atoms with Gasteiger partial charge in [0.15, 0.2) is 5.69 Å². The summed E-state index contributed by atoms with van der Waals surface area (Å²) in [6.07, 6.45) is 0. The lowest BCUT2D eigenvalue weighted by Gasteiger charge is -2.12. The van der Waals surface area contributed by atoms with E-state index in [1.807, 2.05) is 0 Å². The average Bonchev–Trinajstić information content (AvgIpc) is 2.95. The van der Waals surface area contributed by atoms with Crippen molar-refractivity contribution in [3.8, 4) is 11.5 Å². The largest absolute Gasteiger partial charge is 0.497 e. The maximum atomic E-state index is 11.8. The Kier molecular flexibility index (Phi) is 4.99. The Morgan fingerprint density at radius 1 is 1.33 bits per heavy atom. The minimum Gasteiger partial charge on any atom is -0.497 e. The Bertz CT molecular complexity index is 627. The van der Waals surface area contributed by atoms with Crippen LogP contribution in [-0.4, -0.2) is 31.8 Å². The number of aromatic nitrogens is 1. The third-order valence-electron chi connectivity index (χ3n) is 2.69. The predicted octanol–water partition coefficient (Wildman–Crippen LogP) is 3.08. The van der Waals surface area contributed by atoms with Crippen molar-refractivity contribution in [2.24, 2.45) is 0 Å². The smallest absolute Gasteiger partial charge is 0.360 e. The van der Waals surface area contributed by atoms with Gasteiger partial charge in [0.05, 0.1) is 32.0 Å². The first kappa shape index (κ1) is 15.1. The number of hydrogen-bond acceptors (Lipinski definition) is 7. The fourth-order valence-corrected chi connectivity index (χ4v) is 2.39.